The minimum Gasteiger partial charge on any atom is -0.379 e. The SMILES string of the molecule is Cc1noc(C)c1S(=O)(=O)Oc1cc(C(F)(F)F)cc(C(F)(F)F)c1. The van der Waals surface area contributed by atoms with Gasteiger partial charge in [-0.3, -0.25) is 0 Å². The first-order valence-corrected chi connectivity index (χ1v) is 7.79. The van der Waals surface area contributed by atoms with E-state index in [9.17, 15) is 34.8 Å². The molecule has 1 aromatic carbocycles. The van der Waals surface area contributed by atoms with Gasteiger partial charge in [0.05, 0.1) is 11.1 Å². The van der Waals surface area contributed by atoms with Crippen molar-refractivity contribution in [3.8, 4) is 5.75 Å². The third-order valence-electron chi connectivity index (χ3n) is 2.98. The van der Waals surface area contributed by atoms with Crippen molar-refractivity contribution < 1.29 is 43.5 Å². The first-order chi connectivity index (χ1) is 11.2. The second-order valence-corrected chi connectivity index (χ2v) is 6.42. The number of aromatic nitrogens is 1. The topological polar surface area (TPSA) is 69.4 Å². The quantitative estimate of drug-likeness (QED) is 0.584. The van der Waals surface area contributed by atoms with E-state index < -0.39 is 44.2 Å². The molecule has 0 radical (unpaired) electrons. The number of alkyl halides is 6. The van der Waals surface area contributed by atoms with Crippen LogP contribution >= 0.6 is 0 Å². The summed E-state index contributed by atoms with van der Waals surface area (Å²) in [4.78, 5) is -0.571. The van der Waals surface area contributed by atoms with Gasteiger partial charge in [-0.25, -0.2) is 0 Å². The fourth-order valence-corrected chi connectivity index (χ4v) is 3.20. The van der Waals surface area contributed by atoms with Crippen LogP contribution in [0.25, 0.3) is 0 Å². The number of nitrogens with zero attached hydrogens (tertiary/aromatic N) is 1. The third kappa shape index (κ3) is 4.06. The fourth-order valence-electron chi connectivity index (χ4n) is 1.97. The number of hydrogen-bond acceptors (Lipinski definition) is 5. The summed E-state index contributed by atoms with van der Waals surface area (Å²) in [6, 6.07) is 0.172. The second-order valence-electron chi connectivity index (χ2n) is 4.93. The molecule has 138 valence electrons. The molecule has 25 heavy (non-hydrogen) atoms. The Labute approximate surface area is 137 Å². The van der Waals surface area contributed by atoms with Gasteiger partial charge in [0.2, 0.25) is 0 Å². The molecular weight excluding hydrogens is 380 g/mol. The minimum absolute atomic E-state index is 0.143. The first-order valence-electron chi connectivity index (χ1n) is 6.38. The maximum absolute atomic E-state index is 12.8. The summed E-state index contributed by atoms with van der Waals surface area (Å²) in [6.45, 7) is 2.42. The van der Waals surface area contributed by atoms with Gasteiger partial charge in [-0.2, -0.15) is 34.8 Å². The largest absolute Gasteiger partial charge is 0.416 e. The molecule has 0 bridgehead atoms. The molecule has 0 amide bonds. The van der Waals surface area contributed by atoms with Gasteiger partial charge in [0, 0.05) is 0 Å². The van der Waals surface area contributed by atoms with Crippen molar-refractivity contribution in [3.05, 3.63) is 40.8 Å². The predicted octanol–water partition coefficient (Wildman–Crippen LogP) is 4.10. The summed E-state index contributed by atoms with van der Waals surface area (Å²) in [5.74, 6) is -1.36. The van der Waals surface area contributed by atoms with Crippen molar-refractivity contribution in [2.24, 2.45) is 0 Å². The van der Waals surface area contributed by atoms with Crippen LogP contribution in [0.5, 0.6) is 5.75 Å². The van der Waals surface area contributed by atoms with Crippen molar-refractivity contribution >= 4 is 10.1 Å². The van der Waals surface area contributed by atoms with Crippen molar-refractivity contribution in [1.29, 1.82) is 0 Å². The molecule has 0 fully saturated rings. The lowest BCUT2D eigenvalue weighted by Crippen LogP contribution is -2.15. The summed E-state index contributed by atoms with van der Waals surface area (Å²) in [6.07, 6.45) is -10.3. The van der Waals surface area contributed by atoms with E-state index in [4.69, 9.17) is 0 Å². The van der Waals surface area contributed by atoms with Gasteiger partial charge < -0.3 is 8.71 Å². The second kappa shape index (κ2) is 5.93. The average Bonchev–Trinajstić information content (AvgIpc) is 2.76. The van der Waals surface area contributed by atoms with Crippen molar-refractivity contribution in [2.75, 3.05) is 0 Å². The molecule has 0 unspecified atom stereocenters. The summed E-state index contributed by atoms with van der Waals surface area (Å²) in [7, 11) is -4.75. The highest BCUT2D eigenvalue weighted by atomic mass is 32.2. The number of hydrogen-bond donors (Lipinski definition) is 0. The number of benzene rings is 1. The smallest absolute Gasteiger partial charge is 0.379 e. The minimum atomic E-state index is -5.13. The van der Waals surface area contributed by atoms with Crippen LogP contribution in [0.1, 0.15) is 22.6 Å². The number of aryl methyl sites for hydroxylation is 2. The Morgan fingerprint density at radius 3 is 1.80 bits per heavy atom. The lowest BCUT2D eigenvalue weighted by atomic mass is 10.1. The third-order valence-corrected chi connectivity index (χ3v) is 4.48. The zero-order valence-electron chi connectivity index (χ0n) is 12.5. The van der Waals surface area contributed by atoms with E-state index in [0.29, 0.717) is 0 Å². The van der Waals surface area contributed by atoms with Gasteiger partial charge in [-0.15, -0.1) is 0 Å². The molecular formula is C13H9F6NO4S. The van der Waals surface area contributed by atoms with Crippen molar-refractivity contribution in [3.63, 3.8) is 0 Å². The molecule has 0 spiro atoms. The molecule has 0 aliphatic carbocycles. The van der Waals surface area contributed by atoms with Crippen molar-refractivity contribution in [1.82, 2.24) is 5.16 Å². The molecule has 0 atom stereocenters. The Morgan fingerprint density at radius 1 is 0.960 bits per heavy atom. The van der Waals surface area contributed by atoms with Crippen LogP contribution in [0.4, 0.5) is 26.3 Å². The molecule has 0 N–H and O–H groups in total. The van der Waals surface area contributed by atoms with Crippen LogP contribution in [0.2, 0.25) is 0 Å². The van der Waals surface area contributed by atoms with Crippen LogP contribution in [-0.4, -0.2) is 13.6 Å². The van der Waals surface area contributed by atoms with Gasteiger partial charge in [0.25, 0.3) is 0 Å². The van der Waals surface area contributed by atoms with Crippen LogP contribution in [-0.2, 0) is 22.5 Å². The van der Waals surface area contributed by atoms with Gasteiger partial charge in [-0.1, -0.05) is 5.16 Å². The van der Waals surface area contributed by atoms with Crippen LogP contribution in [0.15, 0.2) is 27.6 Å². The molecule has 2 rings (SSSR count). The Bertz CT molecular complexity index is 846. The molecule has 0 aliphatic rings. The van der Waals surface area contributed by atoms with E-state index in [1.165, 1.54) is 13.8 Å². The Morgan fingerprint density at radius 2 is 1.44 bits per heavy atom. The Balaban J connectivity index is 2.56. The summed E-state index contributed by atoms with van der Waals surface area (Å²) in [5.41, 5.74) is -3.56. The Hall–Kier alpha value is -2.24. The molecule has 0 saturated carbocycles. The summed E-state index contributed by atoms with van der Waals surface area (Å²) >= 11 is 0. The molecule has 1 aromatic heterocycles. The van der Waals surface area contributed by atoms with E-state index in [0.717, 1.165) is 0 Å². The summed E-state index contributed by atoms with van der Waals surface area (Å²) < 4.78 is 110. The number of rotatable bonds is 3. The van der Waals surface area contributed by atoms with E-state index in [2.05, 4.69) is 13.9 Å². The fraction of sp³-hybridized carbons (Fsp3) is 0.308. The molecule has 5 nitrogen and oxygen atoms in total. The van der Waals surface area contributed by atoms with Crippen molar-refractivity contribution in [2.45, 2.75) is 31.1 Å². The molecule has 0 saturated heterocycles. The Kier molecular flexibility index (Phi) is 4.53. The highest BCUT2D eigenvalue weighted by Gasteiger charge is 2.38. The highest BCUT2D eigenvalue weighted by Crippen LogP contribution is 2.39. The zero-order chi connectivity index (χ0) is 19.2. The predicted molar refractivity (Wildman–Crippen MR) is 70.2 cm³/mol. The lowest BCUT2D eigenvalue weighted by Gasteiger charge is -2.14. The molecule has 0 aliphatic heterocycles. The van der Waals surface area contributed by atoms with Crippen LogP contribution in [0, 0.1) is 13.8 Å². The summed E-state index contributed by atoms with van der Waals surface area (Å²) in [5, 5.41) is 3.34. The van der Waals surface area contributed by atoms with Crippen LogP contribution in [0.3, 0.4) is 0 Å². The van der Waals surface area contributed by atoms with Gasteiger partial charge in [0.15, 0.2) is 10.7 Å². The average molecular weight is 389 g/mol. The van der Waals surface area contributed by atoms with E-state index in [1.54, 1.807) is 0 Å². The van der Waals surface area contributed by atoms with Gasteiger partial charge in [0.1, 0.15) is 11.4 Å². The monoisotopic (exact) mass is 389 g/mol. The maximum Gasteiger partial charge on any atom is 0.416 e. The molecule has 2 aromatic rings. The van der Waals surface area contributed by atoms with E-state index in [1.807, 2.05) is 0 Å². The molecule has 1 heterocycles. The zero-order valence-corrected chi connectivity index (χ0v) is 13.3. The van der Waals surface area contributed by atoms with E-state index >= 15 is 0 Å². The van der Waals surface area contributed by atoms with Gasteiger partial charge in [-0.05, 0) is 32.0 Å². The lowest BCUT2D eigenvalue weighted by molar-refractivity contribution is -0.143. The first kappa shape index (κ1) is 19.1. The number of halogens is 6. The van der Waals surface area contributed by atoms with Gasteiger partial charge >= 0.3 is 22.5 Å². The van der Waals surface area contributed by atoms with Crippen LogP contribution < -0.4 is 4.18 Å². The highest BCUT2D eigenvalue weighted by molar-refractivity contribution is 7.87. The molecule has 12 heteroatoms. The normalized spacial score (nSPS) is 13.1. The van der Waals surface area contributed by atoms with E-state index in [-0.39, 0.29) is 29.7 Å². The maximum atomic E-state index is 12.8. The standard InChI is InChI=1S/C13H9F6NO4S/c1-6-11(7(2)23-20-6)25(21,22)24-10-4-8(12(14,15)16)3-9(5-10)13(17,18)19/h3-5H,1-2H3.